The molecule has 2 aromatic rings. The average molecular weight is 570 g/mol. The molecule has 12 nitrogen and oxygen atoms in total. The van der Waals surface area contributed by atoms with Gasteiger partial charge in [-0.25, -0.2) is 0 Å². The lowest BCUT2D eigenvalue weighted by Crippen LogP contribution is -2.42. The normalized spacial score (nSPS) is 15.9. The molecule has 2 heterocycles. The number of β-amino-alcohol motifs (C(OH)–C–C–N with tert-alkyl or cyclic N) is 1. The number of nitrogens with one attached hydrogen (secondary N) is 4. The number of rotatable bonds is 8. The third-order valence-corrected chi connectivity index (χ3v) is 5.61. The van der Waals surface area contributed by atoms with E-state index in [1.165, 1.54) is 30.6 Å². The maximum Gasteiger partial charge on any atom is 0.305 e. The summed E-state index contributed by atoms with van der Waals surface area (Å²) in [5.41, 5.74) is 0.743. The maximum atomic E-state index is 12.5. The molecule has 0 radical (unpaired) electrons. The molecule has 14 heteroatoms. The van der Waals surface area contributed by atoms with Crippen molar-refractivity contribution >= 4 is 57.0 Å². The number of carboxylic acid groups (broad SMARTS) is 1. The minimum atomic E-state index is -1.21. The molecule has 0 bridgehead atoms. The summed E-state index contributed by atoms with van der Waals surface area (Å²) >= 11 is 9.13. The minimum Gasteiger partial charge on any atom is -0.506 e. The molecule has 2 amide bonds. The number of hydrogen-bond donors (Lipinski definition) is 7. The predicted molar refractivity (Wildman–Crippen MR) is 130 cm³/mol. The van der Waals surface area contributed by atoms with Crippen LogP contribution >= 0.6 is 27.5 Å². The van der Waals surface area contributed by atoms with Crippen LogP contribution in [0.2, 0.25) is 5.02 Å². The van der Waals surface area contributed by atoms with Crippen LogP contribution in [0.4, 0.5) is 5.69 Å². The van der Waals surface area contributed by atoms with Crippen molar-refractivity contribution in [3.8, 4) is 5.75 Å². The van der Waals surface area contributed by atoms with Gasteiger partial charge < -0.3 is 36.6 Å². The number of aromatic nitrogens is 1. The number of hydrogen-bond acceptors (Lipinski definition) is 9. The second kappa shape index (κ2) is 11.8. The Balaban J connectivity index is 1.62. The van der Waals surface area contributed by atoms with Gasteiger partial charge in [0.2, 0.25) is 5.91 Å². The Hall–Kier alpha value is -3.42. The van der Waals surface area contributed by atoms with Gasteiger partial charge >= 0.3 is 5.97 Å². The SMILES string of the molecule is O=C(O)C[C@H](NC(=O)CNC(=O)c1cncc(NC2=NCC(O)CN2)c1)c1cc(Cl)cc(Br)c1O. The first-order chi connectivity index (χ1) is 16.6. The molecule has 1 aliphatic heterocycles. The van der Waals surface area contributed by atoms with Gasteiger partial charge in [0.1, 0.15) is 5.75 Å². The molecule has 0 aliphatic carbocycles. The number of aromatic hydroxyl groups is 1. The quantitative estimate of drug-likeness (QED) is 0.243. The Kier molecular flexibility index (Phi) is 8.84. The Morgan fingerprint density at radius 3 is 2.71 bits per heavy atom. The predicted octanol–water partition coefficient (Wildman–Crippen LogP) is 0.997. The minimum absolute atomic E-state index is 0.112. The summed E-state index contributed by atoms with van der Waals surface area (Å²) in [6.07, 6.45) is 1.70. The van der Waals surface area contributed by atoms with Crippen LogP contribution in [0.25, 0.3) is 0 Å². The Labute approximate surface area is 212 Å². The van der Waals surface area contributed by atoms with E-state index in [1.54, 1.807) is 0 Å². The van der Waals surface area contributed by atoms with Gasteiger partial charge in [-0.1, -0.05) is 11.6 Å². The highest BCUT2D eigenvalue weighted by molar-refractivity contribution is 9.10. The van der Waals surface area contributed by atoms with Gasteiger partial charge in [-0.05, 0) is 34.1 Å². The molecule has 7 N–H and O–H groups in total. The molecule has 0 spiro atoms. The first-order valence-corrected chi connectivity index (χ1v) is 11.4. The molecule has 1 aromatic carbocycles. The Morgan fingerprint density at radius 1 is 1.26 bits per heavy atom. The van der Waals surface area contributed by atoms with Gasteiger partial charge in [-0.15, -0.1) is 0 Å². The number of anilines is 1. The number of pyridine rings is 1. The molecule has 1 unspecified atom stereocenters. The van der Waals surface area contributed by atoms with Crippen molar-refractivity contribution in [2.24, 2.45) is 4.99 Å². The number of benzene rings is 1. The molecule has 0 saturated carbocycles. The first-order valence-electron chi connectivity index (χ1n) is 10.3. The average Bonchev–Trinajstić information content (AvgIpc) is 2.81. The lowest BCUT2D eigenvalue weighted by molar-refractivity contribution is -0.137. The van der Waals surface area contributed by atoms with E-state index < -0.39 is 42.9 Å². The lowest BCUT2D eigenvalue weighted by Gasteiger charge is -2.20. The molecule has 3 rings (SSSR count). The van der Waals surface area contributed by atoms with E-state index in [0.29, 0.717) is 18.2 Å². The second-order valence-electron chi connectivity index (χ2n) is 7.54. The molecular formula is C21H22BrClN6O6. The molecular weight excluding hydrogens is 548 g/mol. The van der Waals surface area contributed by atoms with Crippen molar-refractivity contribution in [1.29, 1.82) is 0 Å². The van der Waals surface area contributed by atoms with Crippen molar-refractivity contribution in [1.82, 2.24) is 20.9 Å². The topological polar surface area (TPSA) is 185 Å². The number of amides is 2. The van der Waals surface area contributed by atoms with E-state index in [2.05, 4.69) is 47.2 Å². The fourth-order valence-corrected chi connectivity index (χ4v) is 3.99. The summed E-state index contributed by atoms with van der Waals surface area (Å²) in [6, 6.07) is 3.19. The van der Waals surface area contributed by atoms with Crippen LogP contribution in [0.5, 0.6) is 5.75 Å². The molecule has 0 saturated heterocycles. The lowest BCUT2D eigenvalue weighted by atomic mass is 10.0. The summed E-state index contributed by atoms with van der Waals surface area (Å²) in [7, 11) is 0. The summed E-state index contributed by atoms with van der Waals surface area (Å²) < 4.78 is 0.240. The standard InChI is InChI=1S/C21H22BrClN6O6/c22-15-3-11(23)2-14(19(15)34)16(4-18(32)33)29-17(31)9-25-20(35)10-1-12(6-24-5-10)28-21-26-7-13(30)8-27-21/h1-3,5-6,13,16,30,34H,4,7-9H2,(H,25,35)(H,29,31)(H,32,33)(H2,26,27,28)/t16-/m0/s1. The number of carboxylic acids is 1. The molecule has 35 heavy (non-hydrogen) atoms. The third kappa shape index (κ3) is 7.53. The van der Waals surface area contributed by atoms with Gasteiger partial charge in [-0.3, -0.25) is 24.4 Å². The van der Waals surface area contributed by atoms with Gasteiger partial charge in [0, 0.05) is 23.3 Å². The van der Waals surface area contributed by atoms with E-state index in [1.807, 2.05) is 0 Å². The second-order valence-corrected chi connectivity index (χ2v) is 8.83. The summed E-state index contributed by atoms with van der Waals surface area (Å²) in [4.78, 5) is 44.4. The van der Waals surface area contributed by atoms with E-state index in [-0.39, 0.29) is 32.9 Å². The van der Waals surface area contributed by atoms with Crippen LogP contribution in [0.3, 0.4) is 0 Å². The number of aliphatic hydroxyl groups excluding tert-OH is 1. The largest absolute Gasteiger partial charge is 0.506 e. The van der Waals surface area contributed by atoms with Gasteiger partial charge in [0.05, 0.1) is 53.6 Å². The number of carbonyl (C=O) groups is 3. The highest BCUT2D eigenvalue weighted by atomic mass is 79.9. The molecule has 1 aliphatic rings. The highest BCUT2D eigenvalue weighted by Gasteiger charge is 2.23. The highest BCUT2D eigenvalue weighted by Crippen LogP contribution is 2.36. The van der Waals surface area contributed by atoms with E-state index in [4.69, 9.17) is 11.6 Å². The fraction of sp³-hybridized carbons (Fsp3) is 0.286. The maximum absolute atomic E-state index is 12.5. The van der Waals surface area contributed by atoms with E-state index in [9.17, 15) is 29.7 Å². The van der Waals surface area contributed by atoms with Crippen molar-refractivity contribution in [3.63, 3.8) is 0 Å². The summed E-state index contributed by atoms with van der Waals surface area (Å²) in [6.45, 7) is 0.118. The number of guanidine groups is 1. The zero-order valence-corrected chi connectivity index (χ0v) is 20.4. The van der Waals surface area contributed by atoms with Gasteiger partial charge in [0.15, 0.2) is 5.96 Å². The summed E-state index contributed by atoms with van der Waals surface area (Å²) in [5.74, 6) is -2.31. The first kappa shape index (κ1) is 26.2. The third-order valence-electron chi connectivity index (χ3n) is 4.78. The van der Waals surface area contributed by atoms with Crippen LogP contribution in [0.1, 0.15) is 28.4 Å². The van der Waals surface area contributed by atoms with E-state index in [0.717, 1.165) is 0 Å². The summed E-state index contributed by atoms with van der Waals surface area (Å²) in [5, 5.41) is 40.0. The van der Waals surface area contributed by atoms with Crippen LogP contribution < -0.4 is 21.3 Å². The van der Waals surface area contributed by atoms with Crippen LogP contribution in [-0.2, 0) is 9.59 Å². The zero-order chi connectivity index (χ0) is 25.5. The molecule has 2 atom stereocenters. The Morgan fingerprint density at radius 2 is 2.03 bits per heavy atom. The molecule has 186 valence electrons. The van der Waals surface area contributed by atoms with Crippen molar-refractivity contribution in [2.75, 3.05) is 25.0 Å². The monoisotopic (exact) mass is 568 g/mol. The number of phenols is 1. The number of aliphatic hydroxyl groups is 1. The fourth-order valence-electron chi connectivity index (χ4n) is 3.16. The van der Waals surface area contributed by atoms with Gasteiger partial charge in [-0.2, -0.15) is 0 Å². The van der Waals surface area contributed by atoms with Crippen LogP contribution in [0.15, 0.2) is 40.1 Å². The number of carbonyl (C=O) groups excluding carboxylic acids is 2. The number of aliphatic carboxylic acids is 1. The van der Waals surface area contributed by atoms with Crippen LogP contribution in [-0.4, -0.2) is 69.8 Å². The van der Waals surface area contributed by atoms with Crippen LogP contribution in [0, 0.1) is 0 Å². The van der Waals surface area contributed by atoms with Crippen molar-refractivity contribution in [3.05, 3.63) is 51.2 Å². The Bertz CT molecular complexity index is 1160. The number of nitrogens with zero attached hydrogens (tertiary/aromatic N) is 2. The zero-order valence-electron chi connectivity index (χ0n) is 18.1. The molecule has 0 fully saturated rings. The van der Waals surface area contributed by atoms with E-state index >= 15 is 0 Å². The molecule has 1 aromatic heterocycles. The number of halogens is 2. The number of phenolic OH excluding ortho intramolecular Hbond substituents is 1. The van der Waals surface area contributed by atoms with Gasteiger partial charge in [0.25, 0.3) is 5.91 Å². The van der Waals surface area contributed by atoms with Crippen molar-refractivity contribution in [2.45, 2.75) is 18.6 Å². The van der Waals surface area contributed by atoms with Crippen molar-refractivity contribution < 1.29 is 29.7 Å². The number of aliphatic imine (C=N–C) groups is 1. The smallest absolute Gasteiger partial charge is 0.305 e.